The zero-order chi connectivity index (χ0) is 9.07. The normalized spacial score (nSPS) is 8.08. The molecular weight excluding hydrogens is 192 g/mol. The molecule has 0 aromatic carbocycles. The zero-order valence-electron chi connectivity index (χ0n) is 10.3. The Hall–Kier alpha value is 0.356. The van der Waals surface area contributed by atoms with Crippen LogP contribution in [0.25, 0.3) is 0 Å². The third-order valence-electron chi connectivity index (χ3n) is 1.78. The minimum absolute atomic E-state index is 0. The van der Waals surface area contributed by atoms with E-state index in [1.54, 1.807) is 0 Å². The summed E-state index contributed by atoms with van der Waals surface area (Å²) in [6, 6.07) is 0. The van der Waals surface area contributed by atoms with E-state index in [1.165, 1.54) is 32.1 Å². The summed E-state index contributed by atoms with van der Waals surface area (Å²) in [6.45, 7) is 3.69. The van der Waals surface area contributed by atoms with Crippen molar-refractivity contribution in [2.75, 3.05) is 0 Å². The van der Waals surface area contributed by atoms with Crippen LogP contribution in [-0.4, -0.2) is 23.1 Å². The van der Waals surface area contributed by atoms with Gasteiger partial charge in [0.15, 0.2) is 0 Å². The van der Waals surface area contributed by atoms with E-state index in [0.717, 1.165) is 12.8 Å². The molecule has 0 amide bonds. The van der Waals surface area contributed by atoms with Gasteiger partial charge < -0.3 is 2.85 Å². The van der Waals surface area contributed by atoms with Gasteiger partial charge >= 0.3 is 23.1 Å². The van der Waals surface area contributed by atoms with Gasteiger partial charge in [0.25, 0.3) is 0 Å². The van der Waals surface area contributed by atoms with Crippen molar-refractivity contribution in [3.63, 3.8) is 0 Å². The number of rotatable bonds is 7. The molecule has 72 valence electrons. The Bertz CT molecular complexity index is 164. The number of halogens is 1. The maximum absolute atomic E-state index is 5.21. The molecule has 2 heteroatoms. The van der Waals surface area contributed by atoms with Gasteiger partial charge in [-0.05, 0) is 30.9 Å². The standard InChI is InChI=1S/C11H17Cl.Mg.2H/c1-2-3-4-5-6-7-8-9-10-11-12;;;/h2H,1,3-9H2;;;/q;+2;2*-1. The van der Waals surface area contributed by atoms with Crippen molar-refractivity contribution in [1.82, 2.24) is 0 Å². The number of unbranched alkanes of at least 4 members (excludes halogenated alkanes) is 6. The second kappa shape index (κ2) is 14.9. The smallest absolute Gasteiger partial charge is 1.00 e. The first kappa shape index (κ1) is 15.8. The Balaban J connectivity index is -0.000000202. The van der Waals surface area contributed by atoms with Crippen molar-refractivity contribution < 1.29 is 2.85 Å². The summed E-state index contributed by atoms with van der Waals surface area (Å²) in [5, 5.41) is 2.39. The Morgan fingerprint density at radius 3 is 2.38 bits per heavy atom. The van der Waals surface area contributed by atoms with Crippen molar-refractivity contribution in [2.45, 2.75) is 44.9 Å². The molecule has 0 nitrogen and oxygen atoms in total. The van der Waals surface area contributed by atoms with E-state index in [9.17, 15) is 0 Å². The first-order valence-electron chi connectivity index (χ1n) is 4.61. The minimum atomic E-state index is 0. The van der Waals surface area contributed by atoms with E-state index in [2.05, 4.69) is 17.9 Å². The molecule has 0 aliphatic heterocycles. The van der Waals surface area contributed by atoms with Gasteiger partial charge in [-0.2, -0.15) is 0 Å². The first-order chi connectivity index (χ1) is 5.91. The summed E-state index contributed by atoms with van der Waals surface area (Å²) in [7, 11) is 0. The van der Waals surface area contributed by atoms with Crippen LogP contribution < -0.4 is 0 Å². The molecular formula is C11H19ClMg. The molecule has 0 aromatic rings. The summed E-state index contributed by atoms with van der Waals surface area (Å²) < 4.78 is 0. The molecule has 0 bridgehead atoms. The van der Waals surface area contributed by atoms with Crippen molar-refractivity contribution in [1.29, 1.82) is 0 Å². The quantitative estimate of drug-likeness (QED) is 0.259. The van der Waals surface area contributed by atoms with Crippen molar-refractivity contribution >= 4 is 34.7 Å². The second-order valence-electron chi connectivity index (χ2n) is 2.87. The van der Waals surface area contributed by atoms with Gasteiger partial charge in [-0.1, -0.05) is 31.3 Å². The topological polar surface area (TPSA) is 0 Å². The maximum Gasteiger partial charge on any atom is 2.00 e. The summed E-state index contributed by atoms with van der Waals surface area (Å²) in [5.74, 6) is 2.85. The first-order valence-corrected chi connectivity index (χ1v) is 4.99. The molecule has 0 aliphatic carbocycles. The molecule has 0 saturated heterocycles. The van der Waals surface area contributed by atoms with Crippen molar-refractivity contribution in [2.24, 2.45) is 0 Å². The molecule has 0 spiro atoms. The fourth-order valence-corrected chi connectivity index (χ4v) is 1.17. The molecule has 0 rings (SSSR count). The van der Waals surface area contributed by atoms with Crippen LogP contribution in [0.15, 0.2) is 12.7 Å². The average molecular weight is 211 g/mol. The number of allylic oxidation sites excluding steroid dienone is 1. The average Bonchev–Trinajstić information content (AvgIpc) is 2.10. The van der Waals surface area contributed by atoms with E-state index in [0.29, 0.717) is 0 Å². The Morgan fingerprint density at radius 1 is 1.15 bits per heavy atom. The van der Waals surface area contributed by atoms with Gasteiger partial charge in [0.1, 0.15) is 0 Å². The van der Waals surface area contributed by atoms with Crippen LogP contribution in [0.5, 0.6) is 0 Å². The fraction of sp³-hybridized carbons (Fsp3) is 0.636. The molecule has 0 heterocycles. The van der Waals surface area contributed by atoms with Crippen molar-refractivity contribution in [3.05, 3.63) is 12.7 Å². The molecule has 0 atom stereocenters. The van der Waals surface area contributed by atoms with Crippen LogP contribution in [0, 0.1) is 11.3 Å². The molecule has 0 aliphatic rings. The van der Waals surface area contributed by atoms with Crippen LogP contribution in [0.4, 0.5) is 0 Å². The van der Waals surface area contributed by atoms with Crippen LogP contribution in [0.3, 0.4) is 0 Å². The predicted octanol–water partition coefficient (Wildman–Crippen LogP) is 3.95. The molecule has 0 aromatic heterocycles. The van der Waals surface area contributed by atoms with E-state index in [-0.39, 0.29) is 25.9 Å². The molecule has 0 fully saturated rings. The fourth-order valence-electron chi connectivity index (χ4n) is 1.08. The Kier molecular flexibility index (Phi) is 18.1. The van der Waals surface area contributed by atoms with E-state index >= 15 is 0 Å². The molecule has 0 radical (unpaired) electrons. The van der Waals surface area contributed by atoms with Crippen LogP contribution >= 0.6 is 11.6 Å². The molecule has 0 unspecified atom stereocenters. The van der Waals surface area contributed by atoms with E-state index in [4.69, 9.17) is 11.6 Å². The van der Waals surface area contributed by atoms with Crippen LogP contribution in [0.1, 0.15) is 47.8 Å². The van der Waals surface area contributed by atoms with Crippen LogP contribution in [0.2, 0.25) is 0 Å². The summed E-state index contributed by atoms with van der Waals surface area (Å²) >= 11 is 5.21. The summed E-state index contributed by atoms with van der Waals surface area (Å²) in [4.78, 5) is 0. The van der Waals surface area contributed by atoms with Gasteiger partial charge in [0.2, 0.25) is 0 Å². The third kappa shape index (κ3) is 15.1. The van der Waals surface area contributed by atoms with Gasteiger partial charge in [-0.3, -0.25) is 0 Å². The summed E-state index contributed by atoms with van der Waals surface area (Å²) in [6.07, 6.45) is 10.5. The van der Waals surface area contributed by atoms with Gasteiger partial charge in [0.05, 0.1) is 0 Å². The largest absolute Gasteiger partial charge is 2.00 e. The number of hydrogen-bond donors (Lipinski definition) is 0. The SMILES string of the molecule is C=CCCCCCCCC#CCl.[H-].[H-].[Mg+2]. The Morgan fingerprint density at radius 2 is 1.77 bits per heavy atom. The van der Waals surface area contributed by atoms with Gasteiger partial charge in [-0.25, -0.2) is 0 Å². The Labute approximate surface area is 106 Å². The monoisotopic (exact) mass is 210 g/mol. The van der Waals surface area contributed by atoms with Crippen molar-refractivity contribution in [3.8, 4) is 11.3 Å². The molecule has 13 heavy (non-hydrogen) atoms. The maximum atomic E-state index is 5.21. The number of hydrogen-bond acceptors (Lipinski definition) is 0. The van der Waals surface area contributed by atoms with Gasteiger partial charge in [0, 0.05) is 11.8 Å². The third-order valence-corrected chi connectivity index (χ3v) is 1.91. The molecule has 0 N–H and O–H groups in total. The van der Waals surface area contributed by atoms with Gasteiger partial charge in [-0.15, -0.1) is 6.58 Å². The predicted molar refractivity (Wildman–Crippen MR) is 64.1 cm³/mol. The minimum Gasteiger partial charge on any atom is -1.00 e. The van der Waals surface area contributed by atoms with E-state index < -0.39 is 0 Å². The second-order valence-corrected chi connectivity index (χ2v) is 3.06. The van der Waals surface area contributed by atoms with E-state index in [1.807, 2.05) is 6.08 Å². The molecule has 0 saturated carbocycles. The summed E-state index contributed by atoms with van der Waals surface area (Å²) in [5.41, 5.74) is 0. The van der Waals surface area contributed by atoms with Crippen LogP contribution in [-0.2, 0) is 0 Å². The zero-order valence-corrected chi connectivity index (χ0v) is 10.5.